The van der Waals surface area contributed by atoms with Crippen LogP contribution in [0.1, 0.15) is 22.7 Å². The average molecular weight is 309 g/mol. The van der Waals surface area contributed by atoms with E-state index in [1.54, 1.807) is 24.3 Å². The molecule has 2 heterocycles. The van der Waals surface area contributed by atoms with Gasteiger partial charge in [0.15, 0.2) is 16.9 Å². The molecule has 0 bridgehead atoms. The van der Waals surface area contributed by atoms with E-state index in [0.29, 0.717) is 23.1 Å². The van der Waals surface area contributed by atoms with Crippen molar-refractivity contribution in [1.29, 1.82) is 0 Å². The highest BCUT2D eigenvalue weighted by atomic mass is 16.3. The molecule has 1 aliphatic heterocycles. The Balaban J connectivity index is 1.92. The fourth-order valence-electron chi connectivity index (χ4n) is 3.15. The van der Waals surface area contributed by atoms with Crippen molar-refractivity contribution >= 4 is 11.0 Å². The second-order valence-corrected chi connectivity index (χ2v) is 5.69. The van der Waals surface area contributed by atoms with E-state index in [9.17, 15) is 15.0 Å². The first-order chi connectivity index (χ1) is 11.1. The van der Waals surface area contributed by atoms with Crippen LogP contribution < -0.4 is 10.7 Å². The first kappa shape index (κ1) is 13.8. The Bertz CT molecular complexity index is 961. The summed E-state index contributed by atoms with van der Waals surface area (Å²) >= 11 is 0. The van der Waals surface area contributed by atoms with Crippen molar-refractivity contribution in [3.63, 3.8) is 0 Å². The number of hydrogen-bond acceptors (Lipinski definition) is 5. The molecule has 0 saturated carbocycles. The molecule has 0 spiro atoms. The van der Waals surface area contributed by atoms with Crippen LogP contribution in [0.4, 0.5) is 0 Å². The zero-order chi connectivity index (χ0) is 16.0. The van der Waals surface area contributed by atoms with Gasteiger partial charge in [-0.1, -0.05) is 12.1 Å². The number of nitrogens with one attached hydrogen (secondary N) is 1. The summed E-state index contributed by atoms with van der Waals surface area (Å²) in [7, 11) is 0. The molecule has 2 aromatic carbocycles. The second-order valence-electron chi connectivity index (χ2n) is 5.69. The third-order valence-electron chi connectivity index (χ3n) is 4.31. The van der Waals surface area contributed by atoms with Crippen molar-refractivity contribution < 1.29 is 14.6 Å². The lowest BCUT2D eigenvalue weighted by atomic mass is 9.89. The molecule has 1 aromatic heterocycles. The van der Waals surface area contributed by atoms with Gasteiger partial charge in [0.1, 0.15) is 11.8 Å². The SMILES string of the molecule is O=c1c([C@H]2NCCc3cc(O)c(O)cc32)coc2ccccc12. The summed E-state index contributed by atoms with van der Waals surface area (Å²) in [6.07, 6.45) is 2.19. The Morgan fingerprint density at radius 1 is 1.09 bits per heavy atom. The van der Waals surface area contributed by atoms with Crippen molar-refractivity contribution in [2.24, 2.45) is 0 Å². The number of phenolic OH excluding ortho intramolecular Hbond substituents is 2. The van der Waals surface area contributed by atoms with Gasteiger partial charge in [0.25, 0.3) is 0 Å². The minimum Gasteiger partial charge on any atom is -0.504 e. The molecule has 5 heteroatoms. The minimum absolute atomic E-state index is 0.0928. The van der Waals surface area contributed by atoms with Crippen molar-refractivity contribution in [2.45, 2.75) is 12.5 Å². The predicted octanol–water partition coefficient (Wildman–Crippen LogP) is 2.44. The molecule has 0 amide bonds. The van der Waals surface area contributed by atoms with Gasteiger partial charge < -0.3 is 19.9 Å². The Kier molecular flexibility index (Phi) is 3.09. The van der Waals surface area contributed by atoms with Crippen LogP contribution in [0.3, 0.4) is 0 Å². The smallest absolute Gasteiger partial charge is 0.197 e. The van der Waals surface area contributed by atoms with Crippen LogP contribution in [0.25, 0.3) is 11.0 Å². The van der Waals surface area contributed by atoms with E-state index in [1.165, 1.54) is 12.3 Å². The van der Waals surface area contributed by atoms with Crippen LogP contribution in [-0.4, -0.2) is 16.8 Å². The number of phenols is 2. The second kappa shape index (κ2) is 5.14. The number of rotatable bonds is 1. The van der Waals surface area contributed by atoms with Gasteiger partial charge in [0.2, 0.25) is 0 Å². The zero-order valence-electron chi connectivity index (χ0n) is 12.2. The lowest BCUT2D eigenvalue weighted by Crippen LogP contribution is -2.33. The fourth-order valence-corrected chi connectivity index (χ4v) is 3.15. The summed E-state index contributed by atoms with van der Waals surface area (Å²) in [5, 5.41) is 23.3. The number of aromatic hydroxyl groups is 2. The van der Waals surface area contributed by atoms with Crippen LogP contribution in [0.15, 0.2) is 51.9 Å². The van der Waals surface area contributed by atoms with E-state index in [-0.39, 0.29) is 23.0 Å². The molecular formula is C18H15NO4. The number of benzene rings is 2. The molecular weight excluding hydrogens is 294 g/mol. The third kappa shape index (κ3) is 2.17. The molecule has 3 N–H and O–H groups in total. The van der Waals surface area contributed by atoms with Gasteiger partial charge in [-0.2, -0.15) is 0 Å². The summed E-state index contributed by atoms with van der Waals surface area (Å²) in [6, 6.07) is 9.81. The van der Waals surface area contributed by atoms with Crippen LogP contribution in [0.5, 0.6) is 11.5 Å². The molecule has 0 aliphatic carbocycles. The van der Waals surface area contributed by atoms with Gasteiger partial charge in [0.05, 0.1) is 17.0 Å². The van der Waals surface area contributed by atoms with Crippen LogP contribution >= 0.6 is 0 Å². The molecule has 0 radical (unpaired) electrons. The van der Waals surface area contributed by atoms with Crippen LogP contribution in [0.2, 0.25) is 0 Å². The Labute approximate surface area is 131 Å². The molecule has 3 aromatic rings. The van der Waals surface area contributed by atoms with Gasteiger partial charge in [-0.25, -0.2) is 0 Å². The molecule has 0 saturated heterocycles. The topological polar surface area (TPSA) is 82.7 Å². The minimum atomic E-state index is -0.369. The Hall–Kier alpha value is -2.79. The molecule has 0 fully saturated rings. The monoisotopic (exact) mass is 309 g/mol. The van der Waals surface area contributed by atoms with Crippen molar-refractivity contribution in [1.82, 2.24) is 5.32 Å². The van der Waals surface area contributed by atoms with E-state index in [0.717, 1.165) is 17.5 Å². The summed E-state index contributed by atoms with van der Waals surface area (Å²) in [5.41, 5.74) is 2.65. The summed E-state index contributed by atoms with van der Waals surface area (Å²) in [6.45, 7) is 0.675. The number of para-hydroxylation sites is 1. The first-order valence-electron chi connectivity index (χ1n) is 7.44. The average Bonchev–Trinajstić information content (AvgIpc) is 2.56. The van der Waals surface area contributed by atoms with Crippen molar-refractivity contribution in [3.8, 4) is 11.5 Å². The van der Waals surface area contributed by atoms with E-state index in [1.807, 2.05) is 6.07 Å². The Morgan fingerprint density at radius 3 is 2.74 bits per heavy atom. The van der Waals surface area contributed by atoms with Crippen LogP contribution in [0, 0.1) is 0 Å². The Morgan fingerprint density at radius 2 is 1.87 bits per heavy atom. The molecule has 23 heavy (non-hydrogen) atoms. The molecule has 5 nitrogen and oxygen atoms in total. The van der Waals surface area contributed by atoms with E-state index >= 15 is 0 Å². The predicted molar refractivity (Wildman–Crippen MR) is 85.8 cm³/mol. The van der Waals surface area contributed by atoms with Gasteiger partial charge in [-0.3, -0.25) is 4.79 Å². The summed E-state index contributed by atoms with van der Waals surface area (Å²) < 4.78 is 5.59. The van der Waals surface area contributed by atoms with E-state index in [4.69, 9.17) is 4.42 Å². The standard InChI is InChI=1S/C18H15NO4/c20-14-7-10-5-6-19-17(12(10)8-15(14)21)13-9-23-16-4-2-1-3-11(16)18(13)22/h1-4,7-9,17,19-21H,5-6H2/t17-/m0/s1. The maximum Gasteiger partial charge on any atom is 0.197 e. The number of fused-ring (bicyclic) bond motifs is 2. The lowest BCUT2D eigenvalue weighted by molar-refractivity contribution is 0.400. The molecule has 116 valence electrons. The van der Waals surface area contributed by atoms with E-state index in [2.05, 4.69) is 5.32 Å². The highest BCUT2D eigenvalue weighted by Crippen LogP contribution is 2.35. The van der Waals surface area contributed by atoms with Gasteiger partial charge in [0, 0.05) is 6.54 Å². The van der Waals surface area contributed by atoms with Gasteiger partial charge >= 0.3 is 0 Å². The lowest BCUT2D eigenvalue weighted by Gasteiger charge is -2.27. The number of hydrogen-bond donors (Lipinski definition) is 3. The summed E-state index contributed by atoms with van der Waals surface area (Å²) in [5.74, 6) is -0.336. The van der Waals surface area contributed by atoms with Crippen LogP contribution in [-0.2, 0) is 6.42 Å². The normalized spacial score (nSPS) is 17.1. The van der Waals surface area contributed by atoms with Gasteiger partial charge in [-0.15, -0.1) is 0 Å². The maximum atomic E-state index is 12.8. The summed E-state index contributed by atoms with van der Waals surface area (Å²) in [4.78, 5) is 12.8. The molecule has 1 atom stereocenters. The third-order valence-corrected chi connectivity index (χ3v) is 4.31. The molecule has 1 aliphatic rings. The van der Waals surface area contributed by atoms with E-state index < -0.39 is 0 Å². The largest absolute Gasteiger partial charge is 0.504 e. The van der Waals surface area contributed by atoms with Crippen molar-refractivity contribution in [2.75, 3.05) is 6.54 Å². The first-order valence-corrected chi connectivity index (χ1v) is 7.44. The van der Waals surface area contributed by atoms with Crippen molar-refractivity contribution in [3.05, 3.63) is 69.6 Å². The molecule has 4 rings (SSSR count). The quantitative estimate of drug-likeness (QED) is 0.601. The highest BCUT2D eigenvalue weighted by molar-refractivity contribution is 5.76. The maximum absolute atomic E-state index is 12.8. The van der Waals surface area contributed by atoms with Gasteiger partial charge in [-0.05, 0) is 41.8 Å². The fraction of sp³-hybridized carbons (Fsp3) is 0.167. The zero-order valence-corrected chi connectivity index (χ0v) is 12.2. The molecule has 0 unspecified atom stereocenters. The highest BCUT2D eigenvalue weighted by Gasteiger charge is 2.26.